The number of benzene rings is 1. The van der Waals surface area contributed by atoms with Crippen LogP contribution in [0.3, 0.4) is 0 Å². The lowest BCUT2D eigenvalue weighted by molar-refractivity contribution is -0.898. The summed E-state index contributed by atoms with van der Waals surface area (Å²) in [6.45, 7) is 14.6. The van der Waals surface area contributed by atoms with Gasteiger partial charge in [0, 0.05) is 10.9 Å². The molecule has 1 aliphatic heterocycles. The topological polar surface area (TPSA) is 33.5 Å². The molecule has 0 amide bonds. The normalized spacial score (nSPS) is 15.8. The number of piperazine rings is 1. The summed E-state index contributed by atoms with van der Waals surface area (Å²) >= 11 is 1.72. The van der Waals surface area contributed by atoms with Crippen molar-refractivity contribution < 1.29 is 4.90 Å². The predicted octanol–water partition coefficient (Wildman–Crippen LogP) is 3.01. The van der Waals surface area contributed by atoms with Crippen molar-refractivity contribution in [2.45, 2.75) is 27.7 Å². The molecule has 3 aromatic rings. The molecule has 4 nitrogen and oxygen atoms in total. The second kappa shape index (κ2) is 6.97. The molecule has 0 atom stereocenters. The van der Waals surface area contributed by atoms with Crippen molar-refractivity contribution in [2.24, 2.45) is 0 Å². The first-order valence-electron chi connectivity index (χ1n) is 9.47. The maximum atomic E-state index is 4.71. The Kier molecular flexibility index (Phi) is 4.67. The van der Waals surface area contributed by atoms with Crippen LogP contribution in [0.1, 0.15) is 23.6 Å². The Hall–Kier alpha value is -1.98. The zero-order chi connectivity index (χ0) is 18.3. The van der Waals surface area contributed by atoms with Gasteiger partial charge in [0.15, 0.2) is 0 Å². The van der Waals surface area contributed by atoms with E-state index in [0.717, 1.165) is 23.7 Å². The van der Waals surface area contributed by atoms with Gasteiger partial charge in [-0.3, -0.25) is 0 Å². The molecule has 136 valence electrons. The third-order valence-electron chi connectivity index (χ3n) is 5.86. The summed E-state index contributed by atoms with van der Waals surface area (Å²) in [5.41, 5.74) is 6.63. The van der Waals surface area contributed by atoms with Gasteiger partial charge in [-0.15, -0.1) is 11.3 Å². The second-order valence-electron chi connectivity index (χ2n) is 7.35. The lowest BCUT2D eigenvalue weighted by atomic mass is 9.96. The first-order valence-corrected chi connectivity index (χ1v) is 10.4. The summed E-state index contributed by atoms with van der Waals surface area (Å²) in [6, 6.07) is 4.61. The molecule has 1 N–H and O–H groups in total. The van der Waals surface area contributed by atoms with E-state index in [4.69, 9.17) is 4.98 Å². The fourth-order valence-electron chi connectivity index (χ4n) is 3.89. The molecule has 26 heavy (non-hydrogen) atoms. The molecule has 4 rings (SSSR count). The van der Waals surface area contributed by atoms with E-state index in [0.29, 0.717) is 0 Å². The highest BCUT2D eigenvalue weighted by Gasteiger charge is 2.23. The molecule has 0 radical (unpaired) electrons. The molecule has 5 heteroatoms. The van der Waals surface area contributed by atoms with Crippen LogP contribution in [0.5, 0.6) is 0 Å². The highest BCUT2D eigenvalue weighted by atomic mass is 32.1. The van der Waals surface area contributed by atoms with E-state index in [2.05, 4.69) is 55.1 Å². The van der Waals surface area contributed by atoms with E-state index in [1.54, 1.807) is 22.6 Å². The quantitative estimate of drug-likeness (QED) is 0.773. The summed E-state index contributed by atoms with van der Waals surface area (Å²) in [6.07, 6.45) is 1.72. The number of hydrogen-bond donors (Lipinski definition) is 1. The van der Waals surface area contributed by atoms with Crippen molar-refractivity contribution in [2.75, 3.05) is 37.6 Å². The average Bonchev–Trinajstić information content (AvgIpc) is 3.10. The Morgan fingerprint density at radius 1 is 1.08 bits per heavy atom. The van der Waals surface area contributed by atoms with Crippen LogP contribution >= 0.6 is 11.3 Å². The van der Waals surface area contributed by atoms with Gasteiger partial charge in [0.1, 0.15) is 17.0 Å². The first-order chi connectivity index (χ1) is 12.6. The Morgan fingerprint density at radius 3 is 2.42 bits per heavy atom. The van der Waals surface area contributed by atoms with Crippen LogP contribution in [0.2, 0.25) is 0 Å². The molecule has 1 aromatic carbocycles. The molecule has 0 unspecified atom stereocenters. The van der Waals surface area contributed by atoms with Gasteiger partial charge < -0.3 is 9.80 Å². The molecule has 2 aromatic heterocycles. The van der Waals surface area contributed by atoms with E-state index >= 15 is 0 Å². The molecule has 3 heterocycles. The van der Waals surface area contributed by atoms with Crippen LogP contribution in [0.25, 0.3) is 21.3 Å². The third kappa shape index (κ3) is 2.99. The number of rotatable bonds is 3. The van der Waals surface area contributed by atoms with Crippen LogP contribution < -0.4 is 9.80 Å². The fraction of sp³-hybridized carbons (Fsp3) is 0.429. The average molecular weight is 368 g/mol. The minimum absolute atomic E-state index is 1.07. The number of quaternary nitrogens is 1. The zero-order valence-electron chi connectivity index (χ0n) is 16.1. The highest BCUT2D eigenvalue weighted by molar-refractivity contribution is 7.17. The Morgan fingerprint density at radius 2 is 1.77 bits per heavy atom. The zero-order valence-corrected chi connectivity index (χ0v) is 16.9. The van der Waals surface area contributed by atoms with Gasteiger partial charge in [0.25, 0.3) is 0 Å². The van der Waals surface area contributed by atoms with Crippen molar-refractivity contribution in [3.8, 4) is 11.1 Å². The minimum atomic E-state index is 1.07. The van der Waals surface area contributed by atoms with Crippen molar-refractivity contribution in [1.82, 2.24) is 9.97 Å². The van der Waals surface area contributed by atoms with Crippen molar-refractivity contribution in [3.05, 3.63) is 40.5 Å². The monoisotopic (exact) mass is 367 g/mol. The standard InChI is InChI=1S/C21H26N4S/c1-5-24-6-8-25(9-7-24)20-19-18(12-26-21(19)23-13-22-20)17-10-14(2)16(4)15(3)11-17/h10-13H,5-9H2,1-4H3/p+1. The van der Waals surface area contributed by atoms with Gasteiger partial charge in [-0.25, -0.2) is 9.97 Å². The molecule has 1 fully saturated rings. The summed E-state index contributed by atoms with van der Waals surface area (Å²) < 4.78 is 0. The molecular formula is C21H27N4S+. The first kappa shape index (κ1) is 17.4. The van der Waals surface area contributed by atoms with Gasteiger partial charge in [0.05, 0.1) is 38.1 Å². The largest absolute Gasteiger partial charge is 0.345 e. The van der Waals surface area contributed by atoms with Crippen molar-refractivity contribution in [3.63, 3.8) is 0 Å². The van der Waals surface area contributed by atoms with E-state index < -0.39 is 0 Å². The summed E-state index contributed by atoms with van der Waals surface area (Å²) in [4.78, 5) is 14.5. The maximum Gasteiger partial charge on any atom is 0.141 e. The minimum Gasteiger partial charge on any atom is -0.345 e. The van der Waals surface area contributed by atoms with E-state index in [-0.39, 0.29) is 0 Å². The predicted molar refractivity (Wildman–Crippen MR) is 111 cm³/mol. The Bertz CT molecular complexity index is 915. The Labute approximate surface area is 159 Å². The third-order valence-corrected chi connectivity index (χ3v) is 6.74. The number of thiophene rings is 1. The molecule has 1 saturated heterocycles. The number of nitrogens with zero attached hydrogens (tertiary/aromatic N) is 3. The summed E-state index contributed by atoms with van der Waals surface area (Å²) in [7, 11) is 0. The lowest BCUT2D eigenvalue weighted by Gasteiger charge is -2.32. The van der Waals surface area contributed by atoms with Crippen LogP contribution in [0.15, 0.2) is 23.8 Å². The molecular weight excluding hydrogens is 340 g/mol. The number of anilines is 1. The molecule has 1 aliphatic rings. The van der Waals surface area contributed by atoms with Crippen molar-refractivity contribution >= 4 is 27.4 Å². The smallest absolute Gasteiger partial charge is 0.141 e. The van der Waals surface area contributed by atoms with Crippen molar-refractivity contribution in [1.29, 1.82) is 0 Å². The second-order valence-corrected chi connectivity index (χ2v) is 8.21. The maximum absolute atomic E-state index is 4.71. The molecule has 0 aliphatic carbocycles. The number of likely N-dealkylation sites (N-methyl/N-ethyl adjacent to an activating group) is 1. The van der Waals surface area contributed by atoms with Crippen LogP contribution in [0.4, 0.5) is 5.82 Å². The highest BCUT2D eigenvalue weighted by Crippen LogP contribution is 2.38. The number of aryl methyl sites for hydroxylation is 2. The number of aromatic nitrogens is 2. The van der Waals surface area contributed by atoms with Crippen LogP contribution in [-0.4, -0.2) is 42.7 Å². The number of fused-ring (bicyclic) bond motifs is 1. The van der Waals surface area contributed by atoms with Crippen LogP contribution in [0, 0.1) is 20.8 Å². The SMILES string of the molecule is CC[NH+]1CCN(c2ncnc3scc(-c4cc(C)c(C)c(C)c4)c23)CC1. The molecule has 0 spiro atoms. The fourth-order valence-corrected chi connectivity index (χ4v) is 4.80. The van der Waals surface area contributed by atoms with Gasteiger partial charge >= 0.3 is 0 Å². The van der Waals surface area contributed by atoms with Gasteiger partial charge in [-0.05, 0) is 49.9 Å². The van der Waals surface area contributed by atoms with Gasteiger partial charge in [-0.2, -0.15) is 0 Å². The summed E-state index contributed by atoms with van der Waals surface area (Å²) in [5.74, 6) is 1.11. The van der Waals surface area contributed by atoms with Gasteiger partial charge in [0.2, 0.25) is 0 Å². The van der Waals surface area contributed by atoms with Crippen LogP contribution in [-0.2, 0) is 0 Å². The van der Waals surface area contributed by atoms with E-state index in [1.165, 1.54) is 52.8 Å². The van der Waals surface area contributed by atoms with Gasteiger partial charge in [-0.1, -0.05) is 12.1 Å². The van der Waals surface area contributed by atoms with E-state index in [9.17, 15) is 0 Å². The Balaban J connectivity index is 1.81. The van der Waals surface area contributed by atoms with E-state index in [1.807, 2.05) is 0 Å². The molecule has 0 bridgehead atoms. The number of nitrogens with one attached hydrogen (secondary N) is 1. The molecule has 0 saturated carbocycles. The number of hydrogen-bond acceptors (Lipinski definition) is 4. The lowest BCUT2D eigenvalue weighted by Crippen LogP contribution is -3.14. The summed E-state index contributed by atoms with van der Waals surface area (Å²) in [5, 5.41) is 3.47.